The second kappa shape index (κ2) is 5.73. The van der Waals surface area contributed by atoms with Crippen molar-refractivity contribution >= 4 is 27.9 Å². The number of nitrogens with one attached hydrogen (secondary N) is 1. The van der Waals surface area contributed by atoms with Gasteiger partial charge in [0.05, 0.1) is 22.9 Å². The Hall–Kier alpha value is -2.72. The van der Waals surface area contributed by atoms with Crippen LogP contribution in [-0.2, 0) is 10.1 Å². The Kier molecular flexibility index (Phi) is 4.00. The second-order valence-electron chi connectivity index (χ2n) is 3.78. The monoisotopic (exact) mass is 310 g/mol. The molecule has 0 bridgehead atoms. The third kappa shape index (κ3) is 3.87. The molecule has 21 heavy (non-hydrogen) atoms. The van der Waals surface area contributed by atoms with E-state index in [1.807, 2.05) is 0 Å². The maximum atomic E-state index is 10.7. The van der Waals surface area contributed by atoms with Gasteiger partial charge in [0, 0.05) is 0 Å². The molecule has 0 saturated carbocycles. The minimum absolute atomic E-state index is 0.174. The molecule has 1 aromatic carbocycles. The van der Waals surface area contributed by atoms with Crippen LogP contribution in [0.4, 0.5) is 11.6 Å². The van der Waals surface area contributed by atoms with Crippen molar-refractivity contribution in [2.45, 2.75) is 4.90 Å². The molecule has 2 aromatic rings. The molecule has 0 radical (unpaired) electrons. The number of nitrogens with zero attached hydrogens (tertiary/aromatic N) is 2. The van der Waals surface area contributed by atoms with E-state index in [9.17, 15) is 23.1 Å². The van der Waals surface area contributed by atoms with Gasteiger partial charge in [-0.15, -0.1) is 0 Å². The summed E-state index contributed by atoms with van der Waals surface area (Å²) >= 11 is 0. The van der Waals surface area contributed by atoms with E-state index in [0.717, 1.165) is 12.1 Å². The summed E-state index contributed by atoms with van der Waals surface area (Å²) < 4.78 is 37.0. The van der Waals surface area contributed by atoms with Crippen molar-refractivity contribution in [3.05, 3.63) is 52.3 Å². The van der Waals surface area contributed by atoms with Crippen molar-refractivity contribution < 1.29 is 22.3 Å². The first kappa shape index (κ1) is 14.7. The summed E-state index contributed by atoms with van der Waals surface area (Å²) in [5, 5.41) is 14.2. The predicted octanol–water partition coefficient (Wildman–Crippen LogP) is 1.54. The molecule has 110 valence electrons. The standard InChI is InChI=1S/C11H9N3O6S/c15-14(16)11-6-3-9(20-11)7-12-13-8-1-4-10(5-2-8)21(17,18)19/h1-7,13H,(H,17,18,19)/p-1. The molecule has 0 aliphatic heterocycles. The second-order valence-corrected chi connectivity index (χ2v) is 5.16. The van der Waals surface area contributed by atoms with Gasteiger partial charge in [0.2, 0.25) is 0 Å². The summed E-state index contributed by atoms with van der Waals surface area (Å²) in [6, 6.07) is 7.54. The van der Waals surface area contributed by atoms with E-state index in [4.69, 9.17) is 4.42 Å². The van der Waals surface area contributed by atoms with Crippen LogP contribution in [0.5, 0.6) is 0 Å². The molecule has 0 saturated heterocycles. The molecular formula is C11H8N3O6S-. The van der Waals surface area contributed by atoms with E-state index in [1.54, 1.807) is 0 Å². The molecule has 9 nitrogen and oxygen atoms in total. The molecule has 2 rings (SSSR count). The minimum atomic E-state index is -4.48. The fourth-order valence-corrected chi connectivity index (χ4v) is 1.85. The Morgan fingerprint density at radius 1 is 1.19 bits per heavy atom. The van der Waals surface area contributed by atoms with Gasteiger partial charge in [-0.3, -0.25) is 15.5 Å². The van der Waals surface area contributed by atoms with Crippen molar-refractivity contribution in [1.82, 2.24) is 0 Å². The maximum absolute atomic E-state index is 10.7. The summed E-state index contributed by atoms with van der Waals surface area (Å²) in [5.41, 5.74) is 2.98. The Morgan fingerprint density at radius 2 is 1.86 bits per heavy atom. The fraction of sp³-hybridized carbons (Fsp3) is 0. The number of hydrogen-bond donors (Lipinski definition) is 1. The highest BCUT2D eigenvalue weighted by atomic mass is 32.2. The van der Waals surface area contributed by atoms with Gasteiger partial charge >= 0.3 is 5.88 Å². The SMILES string of the molecule is O=[N+]([O-])c1ccc(C=NNc2ccc(S(=O)(=O)[O-])cc2)o1. The van der Waals surface area contributed by atoms with E-state index in [2.05, 4.69) is 10.5 Å². The lowest BCUT2D eigenvalue weighted by atomic mass is 10.3. The number of furan rings is 1. The number of benzene rings is 1. The van der Waals surface area contributed by atoms with Crippen LogP contribution in [0.3, 0.4) is 0 Å². The third-order valence-corrected chi connectivity index (χ3v) is 3.17. The molecule has 0 unspecified atom stereocenters. The van der Waals surface area contributed by atoms with Crippen molar-refractivity contribution in [3.8, 4) is 0 Å². The smallest absolute Gasteiger partial charge is 0.433 e. The molecule has 10 heteroatoms. The minimum Gasteiger partial charge on any atom is -0.744 e. The molecule has 1 N–H and O–H groups in total. The maximum Gasteiger partial charge on any atom is 0.433 e. The molecular weight excluding hydrogens is 302 g/mol. The normalized spacial score (nSPS) is 11.7. The lowest BCUT2D eigenvalue weighted by Crippen LogP contribution is -1.98. The van der Waals surface area contributed by atoms with Crippen LogP contribution in [0.1, 0.15) is 5.76 Å². The summed E-state index contributed by atoms with van der Waals surface area (Å²) in [4.78, 5) is 9.38. The highest BCUT2D eigenvalue weighted by molar-refractivity contribution is 7.85. The Labute approximate surface area is 118 Å². The fourth-order valence-electron chi connectivity index (χ4n) is 1.38. The van der Waals surface area contributed by atoms with Crippen LogP contribution < -0.4 is 5.43 Å². The topological polar surface area (TPSA) is 138 Å². The van der Waals surface area contributed by atoms with Crippen LogP contribution in [0, 0.1) is 10.1 Å². The van der Waals surface area contributed by atoms with Gasteiger partial charge in [0.1, 0.15) is 15.0 Å². The van der Waals surface area contributed by atoms with Gasteiger partial charge in [0.25, 0.3) is 0 Å². The summed E-state index contributed by atoms with van der Waals surface area (Å²) in [5.74, 6) is -0.227. The molecule has 1 heterocycles. The Balaban J connectivity index is 2.02. The van der Waals surface area contributed by atoms with Crippen molar-refractivity contribution in [2.75, 3.05) is 5.43 Å². The van der Waals surface area contributed by atoms with Crippen molar-refractivity contribution in [1.29, 1.82) is 0 Å². The van der Waals surface area contributed by atoms with E-state index < -0.39 is 20.9 Å². The first-order valence-electron chi connectivity index (χ1n) is 5.45. The Morgan fingerprint density at radius 3 is 2.38 bits per heavy atom. The Bertz CT molecular complexity index is 779. The molecule has 0 fully saturated rings. The van der Waals surface area contributed by atoms with Crippen molar-refractivity contribution in [3.63, 3.8) is 0 Å². The van der Waals surface area contributed by atoms with E-state index in [0.29, 0.717) is 5.69 Å². The van der Waals surface area contributed by atoms with Gasteiger partial charge < -0.3 is 8.97 Å². The van der Waals surface area contributed by atoms with Gasteiger partial charge in [-0.2, -0.15) is 5.10 Å². The number of nitro groups is 1. The van der Waals surface area contributed by atoms with Gasteiger partial charge in [0.15, 0.2) is 5.76 Å². The number of rotatable bonds is 5. The zero-order chi connectivity index (χ0) is 15.5. The van der Waals surface area contributed by atoms with Gasteiger partial charge in [-0.25, -0.2) is 8.42 Å². The van der Waals surface area contributed by atoms with Crippen LogP contribution in [-0.4, -0.2) is 24.1 Å². The summed E-state index contributed by atoms with van der Waals surface area (Å²) in [6.45, 7) is 0. The molecule has 0 spiro atoms. The molecule has 1 aromatic heterocycles. The third-order valence-electron chi connectivity index (χ3n) is 2.32. The van der Waals surface area contributed by atoms with Gasteiger partial charge in [-0.05, 0) is 30.3 Å². The predicted molar refractivity (Wildman–Crippen MR) is 71.0 cm³/mol. The summed E-state index contributed by atoms with van der Waals surface area (Å²) in [6.07, 6.45) is 1.21. The summed E-state index contributed by atoms with van der Waals surface area (Å²) in [7, 11) is -4.48. The van der Waals surface area contributed by atoms with Crippen LogP contribution >= 0.6 is 0 Å². The molecule has 0 amide bonds. The van der Waals surface area contributed by atoms with Gasteiger partial charge in [-0.1, -0.05) is 0 Å². The lowest BCUT2D eigenvalue weighted by molar-refractivity contribution is -0.402. The first-order valence-corrected chi connectivity index (χ1v) is 6.86. The van der Waals surface area contributed by atoms with Crippen molar-refractivity contribution in [2.24, 2.45) is 5.10 Å². The van der Waals surface area contributed by atoms with Crippen LogP contribution in [0.2, 0.25) is 0 Å². The zero-order valence-corrected chi connectivity index (χ0v) is 11.1. The zero-order valence-electron chi connectivity index (χ0n) is 10.3. The quantitative estimate of drug-likeness (QED) is 0.382. The lowest BCUT2D eigenvalue weighted by Gasteiger charge is -2.07. The van der Waals surface area contributed by atoms with E-state index in [-0.39, 0.29) is 10.7 Å². The number of hydrazone groups is 1. The largest absolute Gasteiger partial charge is 0.744 e. The average Bonchev–Trinajstić information content (AvgIpc) is 2.87. The molecule has 0 aliphatic carbocycles. The molecule has 0 aliphatic rings. The number of anilines is 1. The van der Waals surface area contributed by atoms with E-state index >= 15 is 0 Å². The average molecular weight is 310 g/mol. The van der Waals surface area contributed by atoms with Crippen LogP contribution in [0.25, 0.3) is 0 Å². The highest BCUT2D eigenvalue weighted by Gasteiger charge is 2.10. The highest BCUT2D eigenvalue weighted by Crippen LogP contribution is 2.15. The number of hydrogen-bond acceptors (Lipinski definition) is 8. The van der Waals surface area contributed by atoms with E-state index in [1.165, 1.54) is 30.5 Å². The van der Waals surface area contributed by atoms with Crippen LogP contribution in [0.15, 0.2) is 50.8 Å². The molecule has 0 atom stereocenters. The first-order chi connectivity index (χ1) is 9.86.